The molecule has 0 fully saturated rings. The van der Waals surface area contributed by atoms with Crippen molar-refractivity contribution in [2.24, 2.45) is 5.73 Å². The van der Waals surface area contributed by atoms with Gasteiger partial charge in [0, 0.05) is 40.0 Å². The van der Waals surface area contributed by atoms with Crippen molar-refractivity contribution < 1.29 is 9.13 Å². The van der Waals surface area contributed by atoms with Crippen LogP contribution in [0, 0.1) is 19.7 Å². The summed E-state index contributed by atoms with van der Waals surface area (Å²) >= 11 is 3.41. The number of benzene rings is 1. The number of aromatic nitrogens is 1. The second-order valence-corrected chi connectivity index (χ2v) is 5.88. The molecule has 3 nitrogen and oxygen atoms in total. The van der Waals surface area contributed by atoms with Crippen LogP contribution < -0.4 is 10.5 Å². The van der Waals surface area contributed by atoms with Gasteiger partial charge in [0.15, 0.2) is 0 Å². The Morgan fingerprint density at radius 1 is 1.38 bits per heavy atom. The molecule has 2 rings (SSSR count). The van der Waals surface area contributed by atoms with Gasteiger partial charge < -0.3 is 10.5 Å². The van der Waals surface area contributed by atoms with E-state index in [9.17, 15) is 4.39 Å². The maximum Gasteiger partial charge on any atom is 0.128 e. The molecule has 0 bridgehead atoms. The molecular weight excluding hydrogens is 335 g/mol. The molecular formula is C16H18BrFN2O. The SMILES string of the molecule is COc1c(C)cnc(CC(N)c2cc(F)ccc2Br)c1C. The van der Waals surface area contributed by atoms with Crippen molar-refractivity contribution >= 4 is 15.9 Å². The number of pyridine rings is 1. The largest absolute Gasteiger partial charge is 0.496 e. The minimum Gasteiger partial charge on any atom is -0.496 e. The molecule has 2 aromatic rings. The molecule has 112 valence electrons. The standard InChI is InChI=1S/C16H18BrFN2O/c1-9-8-20-15(10(2)16(9)21-3)7-14(19)12-6-11(18)4-5-13(12)17/h4-6,8,14H,7,19H2,1-3H3. The Bertz CT molecular complexity index is 661. The average Bonchev–Trinajstić information content (AvgIpc) is 2.45. The number of rotatable bonds is 4. The van der Waals surface area contributed by atoms with E-state index in [1.165, 1.54) is 12.1 Å². The molecule has 2 N–H and O–H groups in total. The fourth-order valence-electron chi connectivity index (χ4n) is 2.39. The molecule has 0 saturated heterocycles. The van der Waals surface area contributed by atoms with Crippen LogP contribution in [-0.4, -0.2) is 12.1 Å². The van der Waals surface area contributed by atoms with Gasteiger partial charge in [0.1, 0.15) is 11.6 Å². The van der Waals surface area contributed by atoms with Gasteiger partial charge in [-0.15, -0.1) is 0 Å². The number of hydrogen-bond donors (Lipinski definition) is 1. The molecule has 1 unspecified atom stereocenters. The van der Waals surface area contributed by atoms with Crippen molar-refractivity contribution in [2.45, 2.75) is 26.3 Å². The highest BCUT2D eigenvalue weighted by atomic mass is 79.9. The average molecular weight is 353 g/mol. The minimum atomic E-state index is -0.339. The number of nitrogens with two attached hydrogens (primary N) is 1. The number of ether oxygens (including phenoxy) is 1. The van der Waals surface area contributed by atoms with Crippen LogP contribution in [0.25, 0.3) is 0 Å². The van der Waals surface area contributed by atoms with Gasteiger partial charge in [0.25, 0.3) is 0 Å². The first-order valence-electron chi connectivity index (χ1n) is 6.63. The third kappa shape index (κ3) is 3.41. The van der Waals surface area contributed by atoms with Crippen LogP contribution in [0.4, 0.5) is 4.39 Å². The van der Waals surface area contributed by atoms with E-state index in [0.717, 1.165) is 32.6 Å². The molecule has 0 aliphatic rings. The first-order valence-corrected chi connectivity index (χ1v) is 7.43. The van der Waals surface area contributed by atoms with E-state index in [-0.39, 0.29) is 11.9 Å². The van der Waals surface area contributed by atoms with Crippen LogP contribution in [0.1, 0.15) is 28.4 Å². The molecule has 0 saturated carbocycles. The zero-order valence-corrected chi connectivity index (χ0v) is 13.9. The maximum absolute atomic E-state index is 13.4. The Hall–Kier alpha value is -1.46. The lowest BCUT2D eigenvalue weighted by Gasteiger charge is -2.17. The summed E-state index contributed by atoms with van der Waals surface area (Å²) in [5, 5.41) is 0. The summed E-state index contributed by atoms with van der Waals surface area (Å²) in [5.41, 5.74) is 9.77. The molecule has 1 aromatic carbocycles. The molecule has 0 aliphatic carbocycles. The topological polar surface area (TPSA) is 48.1 Å². The summed E-state index contributed by atoms with van der Waals surface area (Å²) < 4.78 is 19.6. The van der Waals surface area contributed by atoms with E-state index >= 15 is 0 Å². The number of methoxy groups -OCH3 is 1. The zero-order valence-electron chi connectivity index (χ0n) is 12.3. The Labute approximate surface area is 132 Å². The summed E-state index contributed by atoms with van der Waals surface area (Å²) in [6.45, 7) is 3.91. The number of halogens is 2. The van der Waals surface area contributed by atoms with Crippen molar-refractivity contribution in [3.63, 3.8) is 0 Å². The molecule has 1 atom stereocenters. The molecule has 0 aliphatic heterocycles. The van der Waals surface area contributed by atoms with Gasteiger partial charge in [-0.3, -0.25) is 4.98 Å². The van der Waals surface area contributed by atoms with Gasteiger partial charge in [-0.25, -0.2) is 4.39 Å². The summed E-state index contributed by atoms with van der Waals surface area (Å²) in [7, 11) is 1.64. The summed E-state index contributed by atoms with van der Waals surface area (Å²) in [5.74, 6) is 0.528. The Morgan fingerprint density at radius 3 is 2.76 bits per heavy atom. The highest BCUT2D eigenvalue weighted by Gasteiger charge is 2.16. The van der Waals surface area contributed by atoms with Crippen LogP contribution in [0.15, 0.2) is 28.9 Å². The number of hydrogen-bond acceptors (Lipinski definition) is 3. The Morgan fingerprint density at radius 2 is 2.10 bits per heavy atom. The third-order valence-corrected chi connectivity index (χ3v) is 4.24. The number of aryl methyl sites for hydroxylation is 1. The van der Waals surface area contributed by atoms with E-state index in [4.69, 9.17) is 10.5 Å². The fraction of sp³-hybridized carbons (Fsp3) is 0.312. The third-order valence-electron chi connectivity index (χ3n) is 3.52. The van der Waals surface area contributed by atoms with E-state index in [0.29, 0.717) is 6.42 Å². The lowest BCUT2D eigenvalue weighted by atomic mass is 9.99. The van der Waals surface area contributed by atoms with Crippen molar-refractivity contribution in [3.05, 3.63) is 57.1 Å². The van der Waals surface area contributed by atoms with E-state index in [2.05, 4.69) is 20.9 Å². The van der Waals surface area contributed by atoms with Crippen molar-refractivity contribution in [1.82, 2.24) is 4.98 Å². The van der Waals surface area contributed by atoms with Gasteiger partial charge in [-0.05, 0) is 37.6 Å². The minimum absolute atomic E-state index is 0.296. The monoisotopic (exact) mass is 352 g/mol. The lowest BCUT2D eigenvalue weighted by molar-refractivity contribution is 0.406. The van der Waals surface area contributed by atoms with E-state index < -0.39 is 0 Å². The molecule has 0 amide bonds. The quantitative estimate of drug-likeness (QED) is 0.908. The predicted molar refractivity (Wildman–Crippen MR) is 85.0 cm³/mol. The first-order chi connectivity index (χ1) is 9.93. The van der Waals surface area contributed by atoms with E-state index in [1.54, 1.807) is 19.4 Å². The van der Waals surface area contributed by atoms with Crippen LogP contribution in [0.3, 0.4) is 0 Å². The molecule has 1 heterocycles. The summed E-state index contributed by atoms with van der Waals surface area (Å²) in [4.78, 5) is 4.43. The summed E-state index contributed by atoms with van der Waals surface area (Å²) in [6.07, 6.45) is 2.29. The molecule has 5 heteroatoms. The molecule has 0 spiro atoms. The van der Waals surface area contributed by atoms with Gasteiger partial charge in [0.2, 0.25) is 0 Å². The first kappa shape index (κ1) is 15.9. The van der Waals surface area contributed by atoms with Crippen LogP contribution >= 0.6 is 15.9 Å². The maximum atomic E-state index is 13.4. The van der Waals surface area contributed by atoms with Crippen molar-refractivity contribution in [3.8, 4) is 5.75 Å². The van der Waals surface area contributed by atoms with Gasteiger partial charge in [-0.2, -0.15) is 0 Å². The molecule has 0 radical (unpaired) electrons. The highest BCUT2D eigenvalue weighted by molar-refractivity contribution is 9.10. The van der Waals surface area contributed by atoms with Crippen molar-refractivity contribution in [2.75, 3.05) is 7.11 Å². The highest BCUT2D eigenvalue weighted by Crippen LogP contribution is 2.29. The van der Waals surface area contributed by atoms with Crippen molar-refractivity contribution in [1.29, 1.82) is 0 Å². The van der Waals surface area contributed by atoms with Gasteiger partial charge >= 0.3 is 0 Å². The molecule has 21 heavy (non-hydrogen) atoms. The fourth-order valence-corrected chi connectivity index (χ4v) is 2.93. The van der Waals surface area contributed by atoms with Crippen LogP contribution in [-0.2, 0) is 6.42 Å². The Balaban J connectivity index is 2.32. The second kappa shape index (κ2) is 6.54. The van der Waals surface area contributed by atoms with Crippen LogP contribution in [0.5, 0.6) is 5.75 Å². The van der Waals surface area contributed by atoms with Gasteiger partial charge in [-0.1, -0.05) is 15.9 Å². The van der Waals surface area contributed by atoms with Gasteiger partial charge in [0.05, 0.1) is 7.11 Å². The zero-order chi connectivity index (χ0) is 15.6. The smallest absolute Gasteiger partial charge is 0.128 e. The molecule has 1 aromatic heterocycles. The van der Waals surface area contributed by atoms with Crippen LogP contribution in [0.2, 0.25) is 0 Å². The predicted octanol–water partition coefficient (Wildman–Crippen LogP) is 3.85. The summed E-state index contributed by atoms with van der Waals surface area (Å²) in [6, 6.07) is 4.18. The lowest BCUT2D eigenvalue weighted by Crippen LogP contribution is -2.16. The normalized spacial score (nSPS) is 12.3. The Kier molecular flexibility index (Phi) is 4.96. The second-order valence-electron chi connectivity index (χ2n) is 5.02. The number of nitrogens with zero attached hydrogens (tertiary/aromatic N) is 1. The van der Waals surface area contributed by atoms with E-state index in [1.807, 2.05) is 13.8 Å².